The Morgan fingerprint density at radius 2 is 2.05 bits per heavy atom. The number of aromatic nitrogens is 1. The van der Waals surface area contributed by atoms with Crippen LogP contribution in [0, 0.1) is 17.8 Å². The van der Waals surface area contributed by atoms with Crippen molar-refractivity contribution >= 4 is 10.8 Å². The molecule has 4 rings (SSSR count). The number of pyridine rings is 1. The van der Waals surface area contributed by atoms with E-state index in [2.05, 4.69) is 41.5 Å². The molecule has 1 heterocycles. The van der Waals surface area contributed by atoms with E-state index in [1.54, 1.807) is 0 Å². The van der Waals surface area contributed by atoms with Gasteiger partial charge in [-0.2, -0.15) is 0 Å². The molecule has 0 radical (unpaired) electrons. The molecular weight excluding hydrogens is 244 g/mol. The van der Waals surface area contributed by atoms with Crippen molar-refractivity contribution in [2.24, 2.45) is 17.8 Å². The highest BCUT2D eigenvalue weighted by atomic mass is 14.9. The Hall–Kier alpha value is -1.41. The van der Waals surface area contributed by atoms with Gasteiger partial charge < -0.3 is 5.32 Å². The van der Waals surface area contributed by atoms with Crippen LogP contribution < -0.4 is 5.32 Å². The first-order chi connectivity index (χ1) is 9.86. The number of nitrogens with one attached hydrogen (secondary N) is 1. The molecule has 2 saturated carbocycles. The van der Waals surface area contributed by atoms with Crippen LogP contribution >= 0.6 is 0 Å². The van der Waals surface area contributed by atoms with E-state index in [0.717, 1.165) is 24.3 Å². The van der Waals surface area contributed by atoms with Crippen LogP contribution in [-0.4, -0.2) is 11.5 Å². The van der Waals surface area contributed by atoms with Crippen molar-refractivity contribution in [1.29, 1.82) is 0 Å². The normalized spacial score (nSPS) is 29.4. The number of hydrogen-bond donors (Lipinski definition) is 1. The summed E-state index contributed by atoms with van der Waals surface area (Å²) in [5, 5.41) is 6.38. The van der Waals surface area contributed by atoms with Crippen LogP contribution in [0.4, 0.5) is 0 Å². The maximum Gasteiger partial charge on any atom is 0.0355 e. The molecule has 1 N–H and O–H groups in total. The van der Waals surface area contributed by atoms with Crippen molar-refractivity contribution in [2.45, 2.75) is 32.2 Å². The fraction of sp³-hybridized carbons (Fsp3) is 0.500. The molecule has 2 aliphatic carbocycles. The molecule has 0 aliphatic heterocycles. The fourth-order valence-electron chi connectivity index (χ4n) is 4.19. The number of fused-ring (bicyclic) bond motifs is 2. The Labute approximate surface area is 120 Å². The van der Waals surface area contributed by atoms with Gasteiger partial charge in [0, 0.05) is 23.8 Å². The van der Waals surface area contributed by atoms with Gasteiger partial charge in [0.2, 0.25) is 0 Å². The van der Waals surface area contributed by atoms with Gasteiger partial charge in [-0.15, -0.1) is 0 Å². The van der Waals surface area contributed by atoms with Crippen LogP contribution in [0.2, 0.25) is 0 Å². The van der Waals surface area contributed by atoms with Crippen molar-refractivity contribution in [3.63, 3.8) is 0 Å². The second kappa shape index (κ2) is 4.85. The first-order valence-electron chi connectivity index (χ1n) is 7.93. The Balaban J connectivity index is 1.73. The molecule has 2 fully saturated rings. The zero-order valence-electron chi connectivity index (χ0n) is 12.0. The van der Waals surface area contributed by atoms with E-state index in [9.17, 15) is 0 Å². The molecule has 2 nitrogen and oxygen atoms in total. The number of rotatable bonds is 4. The minimum atomic E-state index is 0.501. The average molecular weight is 266 g/mol. The lowest BCUT2D eigenvalue weighted by atomic mass is 9.87. The maximum atomic E-state index is 4.34. The van der Waals surface area contributed by atoms with Gasteiger partial charge >= 0.3 is 0 Å². The fourth-order valence-corrected chi connectivity index (χ4v) is 4.19. The van der Waals surface area contributed by atoms with Crippen molar-refractivity contribution in [1.82, 2.24) is 10.3 Å². The van der Waals surface area contributed by atoms with E-state index < -0.39 is 0 Å². The lowest BCUT2D eigenvalue weighted by molar-refractivity contribution is 0.348. The first kappa shape index (κ1) is 12.3. The average Bonchev–Trinajstić information content (AvgIpc) is 3.11. The third kappa shape index (κ3) is 2.03. The van der Waals surface area contributed by atoms with Crippen molar-refractivity contribution in [2.75, 3.05) is 6.54 Å². The highest BCUT2D eigenvalue weighted by molar-refractivity contribution is 5.85. The first-order valence-corrected chi connectivity index (χ1v) is 7.93. The van der Waals surface area contributed by atoms with Gasteiger partial charge in [0.05, 0.1) is 0 Å². The van der Waals surface area contributed by atoms with E-state index in [0.29, 0.717) is 6.04 Å². The Morgan fingerprint density at radius 3 is 2.85 bits per heavy atom. The quantitative estimate of drug-likeness (QED) is 0.907. The van der Waals surface area contributed by atoms with Crippen LogP contribution in [0.1, 0.15) is 37.8 Å². The summed E-state index contributed by atoms with van der Waals surface area (Å²) in [7, 11) is 0. The lowest BCUT2D eigenvalue weighted by Gasteiger charge is -2.27. The van der Waals surface area contributed by atoms with Crippen molar-refractivity contribution in [3.8, 4) is 0 Å². The molecule has 2 aliphatic rings. The number of nitrogens with zero attached hydrogens (tertiary/aromatic N) is 1. The van der Waals surface area contributed by atoms with Crippen LogP contribution in [-0.2, 0) is 0 Å². The van der Waals surface area contributed by atoms with Crippen LogP contribution in [0.25, 0.3) is 10.8 Å². The Bertz CT molecular complexity index is 606. The molecule has 2 aromatic rings. The molecular formula is C18H22N2. The standard InChI is InChI=1S/C18H22N2/c1-2-20-18(15-9-13-8-14(13)10-15)16-5-3-4-12-6-7-19-11-17(12)16/h3-7,11,13-15,18,20H,2,8-10H2,1H3. The molecule has 0 spiro atoms. The topological polar surface area (TPSA) is 24.9 Å². The molecule has 104 valence electrons. The molecule has 0 amide bonds. The van der Waals surface area contributed by atoms with Gasteiger partial charge in [-0.1, -0.05) is 25.1 Å². The summed E-state index contributed by atoms with van der Waals surface area (Å²) in [5.41, 5.74) is 1.45. The SMILES string of the molecule is CCNC(c1cccc2ccncc12)C1CC2CC2C1. The van der Waals surface area contributed by atoms with Gasteiger partial charge in [-0.3, -0.25) is 4.98 Å². The van der Waals surface area contributed by atoms with Gasteiger partial charge in [0.25, 0.3) is 0 Å². The van der Waals surface area contributed by atoms with Gasteiger partial charge in [-0.25, -0.2) is 0 Å². The second-order valence-electron chi connectivity index (χ2n) is 6.47. The van der Waals surface area contributed by atoms with Gasteiger partial charge in [-0.05, 0) is 60.6 Å². The molecule has 0 saturated heterocycles. The molecule has 1 aromatic carbocycles. The van der Waals surface area contributed by atoms with E-state index in [4.69, 9.17) is 0 Å². The number of benzene rings is 1. The summed E-state index contributed by atoms with van der Waals surface area (Å²) in [4.78, 5) is 4.34. The zero-order valence-corrected chi connectivity index (χ0v) is 12.0. The highest BCUT2D eigenvalue weighted by Crippen LogP contribution is 2.57. The predicted octanol–water partition coefficient (Wildman–Crippen LogP) is 3.93. The summed E-state index contributed by atoms with van der Waals surface area (Å²) >= 11 is 0. The van der Waals surface area contributed by atoms with Crippen molar-refractivity contribution in [3.05, 3.63) is 42.2 Å². The highest BCUT2D eigenvalue weighted by Gasteiger charge is 2.48. The van der Waals surface area contributed by atoms with Crippen molar-refractivity contribution < 1.29 is 0 Å². The molecule has 3 unspecified atom stereocenters. The van der Waals surface area contributed by atoms with Crippen LogP contribution in [0.15, 0.2) is 36.7 Å². The summed E-state index contributed by atoms with van der Waals surface area (Å²) in [6.45, 7) is 3.25. The Morgan fingerprint density at radius 1 is 1.20 bits per heavy atom. The second-order valence-corrected chi connectivity index (χ2v) is 6.47. The molecule has 1 aromatic heterocycles. The summed E-state index contributed by atoms with van der Waals surface area (Å²) in [6, 6.07) is 9.29. The minimum Gasteiger partial charge on any atom is -0.310 e. The van der Waals surface area contributed by atoms with Crippen LogP contribution in [0.3, 0.4) is 0 Å². The smallest absolute Gasteiger partial charge is 0.0355 e. The molecule has 3 atom stereocenters. The number of hydrogen-bond acceptors (Lipinski definition) is 2. The van der Waals surface area contributed by atoms with E-state index in [1.165, 1.54) is 35.6 Å². The lowest BCUT2D eigenvalue weighted by Crippen LogP contribution is -2.28. The zero-order chi connectivity index (χ0) is 13.5. The summed E-state index contributed by atoms with van der Waals surface area (Å²) in [5.74, 6) is 2.88. The minimum absolute atomic E-state index is 0.501. The summed E-state index contributed by atoms with van der Waals surface area (Å²) in [6.07, 6.45) is 8.24. The molecule has 2 heteroatoms. The predicted molar refractivity (Wildman–Crippen MR) is 82.5 cm³/mol. The van der Waals surface area contributed by atoms with E-state index in [-0.39, 0.29) is 0 Å². The van der Waals surface area contributed by atoms with E-state index in [1.807, 2.05) is 12.4 Å². The van der Waals surface area contributed by atoms with E-state index >= 15 is 0 Å². The molecule has 20 heavy (non-hydrogen) atoms. The molecule has 0 bridgehead atoms. The van der Waals surface area contributed by atoms with Gasteiger partial charge in [0.15, 0.2) is 0 Å². The third-order valence-corrected chi connectivity index (χ3v) is 5.23. The van der Waals surface area contributed by atoms with Gasteiger partial charge in [0.1, 0.15) is 0 Å². The van der Waals surface area contributed by atoms with Crippen LogP contribution in [0.5, 0.6) is 0 Å². The maximum absolute atomic E-state index is 4.34. The third-order valence-electron chi connectivity index (χ3n) is 5.23. The Kier molecular flexibility index (Phi) is 2.99. The largest absolute Gasteiger partial charge is 0.310 e. The monoisotopic (exact) mass is 266 g/mol. The summed E-state index contributed by atoms with van der Waals surface area (Å²) < 4.78 is 0.